The minimum Gasteiger partial charge on any atom is -0.468 e. The normalized spacial score (nSPS) is 15.5. The average molecular weight is 374 g/mol. The van der Waals surface area contributed by atoms with Gasteiger partial charge in [-0.1, -0.05) is 17.7 Å². The van der Waals surface area contributed by atoms with Crippen molar-refractivity contribution in [3.8, 4) is 5.69 Å². The Kier molecular flexibility index (Phi) is 4.81. The molecule has 8 heteroatoms. The summed E-state index contributed by atoms with van der Waals surface area (Å²) in [6, 6.07) is 8.56. The van der Waals surface area contributed by atoms with Crippen LogP contribution in [0, 0.1) is 6.92 Å². The second kappa shape index (κ2) is 7.05. The molecule has 0 unspecified atom stereocenters. The maximum absolute atomic E-state index is 12.4. The van der Waals surface area contributed by atoms with Crippen LogP contribution in [0.25, 0.3) is 11.8 Å². The van der Waals surface area contributed by atoms with Gasteiger partial charge in [0.15, 0.2) is 0 Å². The van der Waals surface area contributed by atoms with E-state index in [0.717, 1.165) is 16.2 Å². The fourth-order valence-electron chi connectivity index (χ4n) is 2.54. The molecule has 7 nitrogen and oxygen atoms in total. The molecule has 1 aliphatic heterocycles. The zero-order valence-corrected chi connectivity index (χ0v) is 14.9. The van der Waals surface area contributed by atoms with E-state index in [2.05, 4.69) is 10.1 Å². The Morgan fingerprint density at radius 1 is 1.31 bits per heavy atom. The summed E-state index contributed by atoms with van der Waals surface area (Å²) in [5.74, 6) is -1.26. The first-order chi connectivity index (χ1) is 12.4. The minimum atomic E-state index is -0.674. The minimum absolute atomic E-state index is 0.0806. The fourth-order valence-corrected chi connectivity index (χ4v) is 2.71. The van der Waals surface area contributed by atoms with Gasteiger partial charge in [-0.3, -0.25) is 9.59 Å². The first-order valence-corrected chi connectivity index (χ1v) is 8.13. The number of aromatic nitrogens is 1. The van der Waals surface area contributed by atoms with Crippen molar-refractivity contribution >= 4 is 35.6 Å². The highest BCUT2D eigenvalue weighted by atomic mass is 35.5. The maximum atomic E-state index is 12.4. The standard InChI is InChI=1S/C18H16ClN3O4/c1-11-5-6-13(8-14(11)19)21-7-3-4-12(21)9-15-17(24)22(18(25)20-15)10-16(23)26-2/h3-9H,10H2,1-2H3,(H,20,25)/b15-9+. The molecular formula is C18H16ClN3O4. The van der Waals surface area contributed by atoms with Crippen LogP contribution in [0.4, 0.5) is 4.79 Å². The Morgan fingerprint density at radius 3 is 2.77 bits per heavy atom. The molecule has 0 bridgehead atoms. The molecule has 1 fully saturated rings. The predicted octanol–water partition coefficient (Wildman–Crippen LogP) is 2.50. The molecule has 26 heavy (non-hydrogen) atoms. The molecule has 0 radical (unpaired) electrons. The largest absolute Gasteiger partial charge is 0.468 e. The molecule has 134 valence electrons. The first-order valence-electron chi connectivity index (χ1n) is 7.76. The number of urea groups is 1. The highest BCUT2D eigenvalue weighted by molar-refractivity contribution is 6.31. The quantitative estimate of drug-likeness (QED) is 0.507. The zero-order valence-electron chi connectivity index (χ0n) is 14.2. The molecule has 3 amide bonds. The first kappa shape index (κ1) is 17.8. The number of ether oxygens (including phenoxy) is 1. The number of carbonyl (C=O) groups is 3. The summed E-state index contributed by atoms with van der Waals surface area (Å²) in [7, 11) is 1.19. The van der Waals surface area contributed by atoms with E-state index < -0.39 is 24.5 Å². The molecule has 3 rings (SSSR count). The second-order valence-electron chi connectivity index (χ2n) is 5.69. The SMILES string of the molecule is COC(=O)CN1C(=O)N/C(=C/c2cccn2-c2ccc(C)c(Cl)c2)C1=O. The van der Waals surface area contributed by atoms with Gasteiger partial charge in [-0.25, -0.2) is 9.69 Å². The molecule has 0 saturated carbocycles. The number of imide groups is 1. The Bertz CT molecular complexity index is 932. The van der Waals surface area contributed by atoms with Crippen molar-refractivity contribution in [1.29, 1.82) is 0 Å². The Hall–Kier alpha value is -3.06. The van der Waals surface area contributed by atoms with Crippen molar-refractivity contribution in [2.24, 2.45) is 0 Å². The molecule has 1 aromatic heterocycles. The van der Waals surface area contributed by atoms with Gasteiger partial charge < -0.3 is 14.6 Å². The number of aryl methyl sites for hydroxylation is 1. The molecule has 1 aliphatic rings. The second-order valence-corrected chi connectivity index (χ2v) is 6.10. The highest BCUT2D eigenvalue weighted by Crippen LogP contribution is 2.22. The van der Waals surface area contributed by atoms with Crippen LogP contribution in [0.3, 0.4) is 0 Å². The van der Waals surface area contributed by atoms with Gasteiger partial charge >= 0.3 is 12.0 Å². The van der Waals surface area contributed by atoms with E-state index >= 15 is 0 Å². The van der Waals surface area contributed by atoms with Crippen LogP contribution >= 0.6 is 11.6 Å². The number of esters is 1. The lowest BCUT2D eigenvalue weighted by Gasteiger charge is -2.09. The molecule has 0 atom stereocenters. The molecule has 0 aliphatic carbocycles. The van der Waals surface area contributed by atoms with Crippen LogP contribution in [-0.2, 0) is 14.3 Å². The van der Waals surface area contributed by atoms with Crippen LogP contribution in [0.2, 0.25) is 5.02 Å². The lowest BCUT2D eigenvalue weighted by molar-refractivity contribution is -0.143. The molecule has 1 saturated heterocycles. The summed E-state index contributed by atoms with van der Waals surface area (Å²) in [6.45, 7) is 1.47. The zero-order chi connectivity index (χ0) is 18.8. The van der Waals surface area contributed by atoms with Gasteiger partial charge in [0.1, 0.15) is 12.2 Å². The Balaban J connectivity index is 1.91. The predicted molar refractivity (Wildman–Crippen MR) is 95.8 cm³/mol. The third kappa shape index (κ3) is 3.34. The van der Waals surface area contributed by atoms with E-state index in [1.807, 2.05) is 42.0 Å². The third-order valence-corrected chi connectivity index (χ3v) is 4.39. The van der Waals surface area contributed by atoms with E-state index in [1.165, 1.54) is 7.11 Å². The molecule has 1 N–H and O–H groups in total. The van der Waals surface area contributed by atoms with Crippen molar-refractivity contribution in [1.82, 2.24) is 14.8 Å². The summed E-state index contributed by atoms with van der Waals surface area (Å²) < 4.78 is 6.33. The maximum Gasteiger partial charge on any atom is 0.329 e. The molecular weight excluding hydrogens is 358 g/mol. The van der Waals surface area contributed by atoms with Crippen molar-refractivity contribution in [2.75, 3.05) is 13.7 Å². The number of halogens is 1. The number of nitrogens with one attached hydrogen (secondary N) is 1. The van der Waals surface area contributed by atoms with E-state index in [1.54, 1.807) is 12.1 Å². The van der Waals surface area contributed by atoms with Crippen LogP contribution in [0.5, 0.6) is 0 Å². The summed E-state index contributed by atoms with van der Waals surface area (Å²) >= 11 is 6.19. The third-order valence-electron chi connectivity index (χ3n) is 3.98. The summed E-state index contributed by atoms with van der Waals surface area (Å²) in [5.41, 5.74) is 2.53. The van der Waals surface area contributed by atoms with Gasteiger partial charge in [-0.2, -0.15) is 0 Å². The number of nitrogens with zero attached hydrogens (tertiary/aromatic N) is 2. The summed E-state index contributed by atoms with van der Waals surface area (Å²) in [6.07, 6.45) is 3.37. The van der Waals surface area contributed by atoms with Crippen molar-refractivity contribution < 1.29 is 19.1 Å². The van der Waals surface area contributed by atoms with Gasteiger partial charge in [-0.05, 0) is 42.8 Å². The molecule has 2 aromatic rings. The number of methoxy groups -OCH3 is 1. The van der Waals surface area contributed by atoms with Crippen molar-refractivity contribution in [2.45, 2.75) is 6.92 Å². The monoisotopic (exact) mass is 373 g/mol. The topological polar surface area (TPSA) is 80.6 Å². The van der Waals surface area contributed by atoms with Gasteiger partial charge in [0.05, 0.1) is 7.11 Å². The number of hydrogen-bond donors (Lipinski definition) is 1. The molecule has 2 heterocycles. The van der Waals surface area contributed by atoms with Gasteiger partial charge in [0, 0.05) is 22.6 Å². The Morgan fingerprint density at radius 2 is 2.08 bits per heavy atom. The average Bonchev–Trinajstić information content (AvgIpc) is 3.17. The van der Waals surface area contributed by atoms with Crippen LogP contribution in [-0.4, -0.2) is 41.0 Å². The van der Waals surface area contributed by atoms with E-state index in [0.29, 0.717) is 10.7 Å². The van der Waals surface area contributed by atoms with Gasteiger partial charge in [-0.15, -0.1) is 0 Å². The lowest BCUT2D eigenvalue weighted by Crippen LogP contribution is -2.36. The number of benzene rings is 1. The number of hydrogen-bond acceptors (Lipinski definition) is 4. The number of rotatable bonds is 4. The van der Waals surface area contributed by atoms with Crippen molar-refractivity contribution in [3.63, 3.8) is 0 Å². The Labute approximate surface area is 154 Å². The fraction of sp³-hybridized carbons (Fsp3) is 0.167. The molecule has 1 aromatic carbocycles. The van der Waals surface area contributed by atoms with Crippen LogP contribution in [0.15, 0.2) is 42.2 Å². The number of amides is 3. The molecule has 0 spiro atoms. The van der Waals surface area contributed by atoms with E-state index in [4.69, 9.17) is 11.6 Å². The van der Waals surface area contributed by atoms with Crippen LogP contribution in [0.1, 0.15) is 11.3 Å². The highest BCUT2D eigenvalue weighted by Gasteiger charge is 2.35. The lowest BCUT2D eigenvalue weighted by atomic mass is 10.2. The number of carbonyl (C=O) groups excluding carboxylic acids is 3. The van der Waals surface area contributed by atoms with Crippen molar-refractivity contribution in [3.05, 3.63) is 58.5 Å². The summed E-state index contributed by atoms with van der Waals surface area (Å²) in [4.78, 5) is 36.5. The van der Waals surface area contributed by atoms with Crippen LogP contribution < -0.4 is 5.32 Å². The van der Waals surface area contributed by atoms with E-state index in [9.17, 15) is 14.4 Å². The van der Waals surface area contributed by atoms with E-state index in [-0.39, 0.29) is 5.70 Å². The summed E-state index contributed by atoms with van der Waals surface area (Å²) in [5, 5.41) is 3.10. The van der Waals surface area contributed by atoms with Gasteiger partial charge in [0.25, 0.3) is 5.91 Å². The smallest absolute Gasteiger partial charge is 0.329 e. The van der Waals surface area contributed by atoms with Gasteiger partial charge in [0.2, 0.25) is 0 Å².